The lowest BCUT2D eigenvalue weighted by atomic mass is 9.74. The van der Waals surface area contributed by atoms with Gasteiger partial charge in [0.15, 0.2) is 0 Å². The summed E-state index contributed by atoms with van der Waals surface area (Å²) in [5.41, 5.74) is 5.57. The van der Waals surface area contributed by atoms with E-state index in [-0.39, 0.29) is 0 Å². The van der Waals surface area contributed by atoms with E-state index in [2.05, 4.69) is 20.8 Å². The van der Waals surface area contributed by atoms with E-state index in [4.69, 9.17) is 5.73 Å². The molecule has 0 aromatic heterocycles. The van der Waals surface area contributed by atoms with Crippen LogP contribution in [0.15, 0.2) is 0 Å². The van der Waals surface area contributed by atoms with Crippen LogP contribution in [0.2, 0.25) is 0 Å². The third kappa shape index (κ3) is 4.25. The van der Waals surface area contributed by atoms with Crippen LogP contribution in [0, 0.1) is 23.7 Å². The van der Waals surface area contributed by atoms with Gasteiger partial charge in [0.25, 0.3) is 0 Å². The number of Topliss-reactive ketones (excluding diaryl/α,β-unsaturated/α-hetero) is 1. The highest BCUT2D eigenvalue weighted by Crippen LogP contribution is 2.34. The smallest absolute Gasteiger partial charge is 0.136 e. The molecule has 0 spiro atoms. The third-order valence-electron chi connectivity index (χ3n) is 3.92. The number of carbonyl (C=O) groups is 1. The van der Waals surface area contributed by atoms with Crippen LogP contribution in [-0.4, -0.2) is 12.3 Å². The molecule has 1 aliphatic carbocycles. The van der Waals surface area contributed by atoms with Crippen LogP contribution >= 0.6 is 0 Å². The highest BCUT2D eigenvalue weighted by atomic mass is 16.1. The Morgan fingerprint density at radius 2 is 1.81 bits per heavy atom. The zero-order valence-electron chi connectivity index (χ0n) is 11.0. The van der Waals surface area contributed by atoms with Crippen LogP contribution in [0.5, 0.6) is 0 Å². The van der Waals surface area contributed by atoms with Crippen LogP contribution in [0.25, 0.3) is 0 Å². The van der Waals surface area contributed by atoms with E-state index in [0.29, 0.717) is 24.2 Å². The molecule has 1 aliphatic rings. The monoisotopic (exact) mass is 225 g/mol. The highest BCUT2D eigenvalue weighted by Gasteiger charge is 2.28. The minimum Gasteiger partial charge on any atom is -0.330 e. The Balaban J connectivity index is 2.35. The SMILES string of the molecule is CC(CN)CCC(=O)C1CC(C)CC(C)C1. The fourth-order valence-electron chi connectivity index (χ4n) is 2.92. The quantitative estimate of drug-likeness (QED) is 0.781. The summed E-state index contributed by atoms with van der Waals surface area (Å²) in [7, 11) is 0. The van der Waals surface area contributed by atoms with E-state index < -0.39 is 0 Å². The fraction of sp³-hybridized carbons (Fsp3) is 0.929. The van der Waals surface area contributed by atoms with Crippen LogP contribution in [0.1, 0.15) is 52.9 Å². The van der Waals surface area contributed by atoms with Gasteiger partial charge < -0.3 is 5.73 Å². The number of hydrogen-bond donors (Lipinski definition) is 1. The topological polar surface area (TPSA) is 43.1 Å². The van der Waals surface area contributed by atoms with E-state index in [1.165, 1.54) is 6.42 Å². The lowest BCUT2D eigenvalue weighted by molar-refractivity contribution is -0.125. The summed E-state index contributed by atoms with van der Waals surface area (Å²) >= 11 is 0. The lowest BCUT2D eigenvalue weighted by Crippen LogP contribution is -2.26. The summed E-state index contributed by atoms with van der Waals surface area (Å²) in [5, 5.41) is 0. The van der Waals surface area contributed by atoms with Crippen molar-refractivity contribution in [2.75, 3.05) is 6.54 Å². The Hall–Kier alpha value is -0.370. The zero-order valence-corrected chi connectivity index (χ0v) is 11.0. The van der Waals surface area contributed by atoms with Gasteiger partial charge in [-0.1, -0.05) is 20.8 Å². The Morgan fingerprint density at radius 1 is 1.25 bits per heavy atom. The standard InChI is InChI=1S/C14H27NO/c1-10(9-15)4-5-14(16)13-7-11(2)6-12(3)8-13/h10-13H,4-9,15H2,1-3H3. The number of carbonyl (C=O) groups excluding carboxylic acids is 1. The van der Waals surface area contributed by atoms with Crippen LogP contribution in [0.3, 0.4) is 0 Å². The Bertz CT molecular complexity index is 217. The van der Waals surface area contributed by atoms with Crippen LogP contribution in [0.4, 0.5) is 0 Å². The van der Waals surface area contributed by atoms with Gasteiger partial charge in [0, 0.05) is 12.3 Å². The van der Waals surface area contributed by atoms with Crippen molar-refractivity contribution < 1.29 is 4.79 Å². The molecular formula is C14H27NO. The van der Waals surface area contributed by atoms with E-state index in [1.807, 2.05) is 0 Å². The van der Waals surface area contributed by atoms with Crippen molar-refractivity contribution in [1.29, 1.82) is 0 Å². The molecule has 0 amide bonds. The maximum Gasteiger partial charge on any atom is 0.136 e. The van der Waals surface area contributed by atoms with E-state index in [1.54, 1.807) is 0 Å². The Morgan fingerprint density at radius 3 is 2.31 bits per heavy atom. The summed E-state index contributed by atoms with van der Waals surface area (Å²) < 4.78 is 0. The summed E-state index contributed by atoms with van der Waals surface area (Å²) in [6.07, 6.45) is 5.22. The molecule has 0 bridgehead atoms. The Kier molecular flexibility index (Phi) is 5.47. The van der Waals surface area contributed by atoms with E-state index in [9.17, 15) is 4.79 Å². The van der Waals surface area contributed by atoms with Gasteiger partial charge >= 0.3 is 0 Å². The van der Waals surface area contributed by atoms with Crippen molar-refractivity contribution in [3.63, 3.8) is 0 Å². The molecule has 1 fully saturated rings. The van der Waals surface area contributed by atoms with Crippen molar-refractivity contribution in [2.24, 2.45) is 29.4 Å². The normalized spacial score (nSPS) is 32.4. The summed E-state index contributed by atoms with van der Waals surface area (Å²) in [4.78, 5) is 12.1. The predicted octanol–water partition coefficient (Wildman–Crippen LogP) is 3.00. The molecule has 0 heterocycles. The molecule has 0 radical (unpaired) electrons. The molecule has 2 nitrogen and oxygen atoms in total. The lowest BCUT2D eigenvalue weighted by Gasteiger charge is -2.30. The molecule has 0 aromatic carbocycles. The van der Waals surface area contributed by atoms with Gasteiger partial charge in [0.1, 0.15) is 5.78 Å². The largest absolute Gasteiger partial charge is 0.330 e. The highest BCUT2D eigenvalue weighted by molar-refractivity contribution is 5.81. The third-order valence-corrected chi connectivity index (χ3v) is 3.92. The number of hydrogen-bond acceptors (Lipinski definition) is 2. The molecule has 0 aromatic rings. The Labute approximate surface area is 100.0 Å². The van der Waals surface area contributed by atoms with E-state index in [0.717, 1.165) is 37.5 Å². The van der Waals surface area contributed by atoms with Gasteiger partial charge in [-0.3, -0.25) is 4.79 Å². The average Bonchev–Trinajstić information content (AvgIpc) is 2.23. The number of nitrogens with two attached hydrogens (primary N) is 1. The van der Waals surface area contributed by atoms with Crippen molar-refractivity contribution in [3.05, 3.63) is 0 Å². The first-order valence-electron chi connectivity index (χ1n) is 6.75. The zero-order chi connectivity index (χ0) is 12.1. The maximum atomic E-state index is 12.1. The summed E-state index contributed by atoms with van der Waals surface area (Å²) in [5.74, 6) is 2.76. The van der Waals surface area contributed by atoms with Crippen LogP contribution in [-0.2, 0) is 4.79 Å². The first-order valence-corrected chi connectivity index (χ1v) is 6.75. The van der Waals surface area contributed by atoms with Gasteiger partial charge in [0.2, 0.25) is 0 Å². The van der Waals surface area contributed by atoms with Crippen molar-refractivity contribution in [2.45, 2.75) is 52.9 Å². The molecular weight excluding hydrogens is 198 g/mol. The second-order valence-corrected chi connectivity index (χ2v) is 5.96. The van der Waals surface area contributed by atoms with Crippen molar-refractivity contribution in [1.82, 2.24) is 0 Å². The first kappa shape index (κ1) is 13.7. The minimum atomic E-state index is 0.337. The molecule has 16 heavy (non-hydrogen) atoms. The van der Waals surface area contributed by atoms with Crippen LogP contribution < -0.4 is 5.73 Å². The van der Waals surface area contributed by atoms with Gasteiger partial charge in [-0.05, 0) is 50.0 Å². The van der Waals surface area contributed by atoms with Crippen molar-refractivity contribution >= 4 is 5.78 Å². The minimum absolute atomic E-state index is 0.337. The summed E-state index contributed by atoms with van der Waals surface area (Å²) in [6, 6.07) is 0. The predicted molar refractivity (Wildman–Crippen MR) is 68.1 cm³/mol. The molecule has 2 heteroatoms. The second-order valence-electron chi connectivity index (χ2n) is 5.96. The maximum absolute atomic E-state index is 12.1. The summed E-state index contributed by atoms with van der Waals surface area (Å²) in [6.45, 7) is 7.38. The first-order chi connectivity index (χ1) is 7.52. The van der Waals surface area contributed by atoms with Gasteiger partial charge in [-0.2, -0.15) is 0 Å². The van der Waals surface area contributed by atoms with Gasteiger partial charge in [-0.15, -0.1) is 0 Å². The molecule has 1 rings (SSSR count). The van der Waals surface area contributed by atoms with E-state index >= 15 is 0 Å². The molecule has 1 saturated carbocycles. The fourth-order valence-corrected chi connectivity index (χ4v) is 2.92. The molecule has 0 aliphatic heterocycles. The molecule has 94 valence electrons. The average molecular weight is 225 g/mol. The molecule has 0 saturated heterocycles. The molecule has 3 unspecified atom stereocenters. The second kappa shape index (κ2) is 6.39. The van der Waals surface area contributed by atoms with Gasteiger partial charge in [0.05, 0.1) is 0 Å². The number of rotatable bonds is 5. The number of ketones is 1. The molecule has 2 N–H and O–H groups in total. The van der Waals surface area contributed by atoms with Crippen molar-refractivity contribution in [3.8, 4) is 0 Å². The van der Waals surface area contributed by atoms with Gasteiger partial charge in [-0.25, -0.2) is 0 Å². The molecule has 3 atom stereocenters.